The molecule has 1 N–H and O–H groups in total. The Morgan fingerprint density at radius 3 is 2.67 bits per heavy atom. The molecule has 4 rings (SSSR count). The van der Waals surface area contributed by atoms with E-state index in [1.165, 1.54) is 5.57 Å². The maximum Gasteiger partial charge on any atom is 0.308 e. The molecule has 2 aliphatic rings. The molecule has 36 heavy (non-hydrogen) atoms. The number of allylic oxidation sites excluding steroid dienone is 3. The van der Waals surface area contributed by atoms with E-state index in [1.54, 1.807) is 0 Å². The molecule has 0 amide bonds. The molecule has 2 heterocycles. The zero-order valence-electron chi connectivity index (χ0n) is 22.1. The summed E-state index contributed by atoms with van der Waals surface area (Å²) in [4.78, 5) is 23.2. The fourth-order valence-corrected chi connectivity index (χ4v) is 4.18. The van der Waals surface area contributed by atoms with Crippen molar-refractivity contribution in [3.8, 4) is 6.07 Å². The summed E-state index contributed by atoms with van der Waals surface area (Å²) in [6, 6.07) is 10.2. The number of carbonyl (C=O) groups excluding carboxylic acids is 1. The van der Waals surface area contributed by atoms with Gasteiger partial charge in [-0.3, -0.25) is 9.69 Å². The maximum atomic E-state index is 11.8. The topological polar surface area (TPSA) is 91.1 Å². The Kier molecular flexibility index (Phi) is 10.6. The van der Waals surface area contributed by atoms with Crippen molar-refractivity contribution in [3.05, 3.63) is 59.1 Å². The number of piperazine rings is 1. The standard InChI is InChI=1S/C17H22N2O2.C12H17N3/c1-11(2)12(3)17(20)21-10-9-16-18-13(4)14-7-5-6-8-15(14)19-16;13-9-11-3-1-2-4-12(11)10-15-7-5-14-6-8-15/h5-8,11-12H,9-10H2,1-4H3;1,3,14H,2,4-8,10H2. The number of benzene rings is 1. The third-order valence-corrected chi connectivity index (χ3v) is 6.80. The lowest BCUT2D eigenvalue weighted by Gasteiger charge is -2.28. The molecule has 2 aromatic rings. The summed E-state index contributed by atoms with van der Waals surface area (Å²) >= 11 is 0. The van der Waals surface area contributed by atoms with Gasteiger partial charge in [-0.1, -0.05) is 45.0 Å². The molecule has 192 valence electrons. The highest BCUT2D eigenvalue weighted by Gasteiger charge is 2.18. The van der Waals surface area contributed by atoms with Gasteiger partial charge in [0.2, 0.25) is 0 Å². The van der Waals surface area contributed by atoms with E-state index in [0.717, 1.165) is 73.6 Å². The summed E-state index contributed by atoms with van der Waals surface area (Å²) in [5, 5.41) is 13.4. The first-order valence-electron chi connectivity index (χ1n) is 13.0. The molecule has 1 fully saturated rings. The molecule has 0 radical (unpaired) electrons. The van der Waals surface area contributed by atoms with Crippen LogP contribution in [0.2, 0.25) is 0 Å². The highest BCUT2D eigenvalue weighted by molar-refractivity contribution is 5.80. The van der Waals surface area contributed by atoms with E-state index in [0.29, 0.717) is 13.0 Å². The van der Waals surface area contributed by atoms with E-state index in [4.69, 9.17) is 10.00 Å². The molecule has 1 saturated heterocycles. The zero-order chi connectivity index (χ0) is 25.9. The van der Waals surface area contributed by atoms with Gasteiger partial charge in [-0.05, 0) is 43.4 Å². The van der Waals surface area contributed by atoms with Crippen molar-refractivity contribution in [2.24, 2.45) is 11.8 Å². The van der Waals surface area contributed by atoms with Gasteiger partial charge in [0.1, 0.15) is 5.82 Å². The van der Waals surface area contributed by atoms with Crippen molar-refractivity contribution in [2.75, 3.05) is 39.3 Å². The van der Waals surface area contributed by atoms with Crippen LogP contribution in [0.5, 0.6) is 0 Å². The Labute approximate surface area is 215 Å². The molecule has 1 aliphatic heterocycles. The lowest BCUT2D eigenvalue weighted by Crippen LogP contribution is -2.44. The highest BCUT2D eigenvalue weighted by Crippen LogP contribution is 2.19. The van der Waals surface area contributed by atoms with Crippen molar-refractivity contribution < 1.29 is 9.53 Å². The Bertz CT molecular complexity index is 1130. The van der Waals surface area contributed by atoms with E-state index in [1.807, 2.05) is 58.0 Å². The van der Waals surface area contributed by atoms with Crippen LogP contribution in [0, 0.1) is 30.1 Å². The average Bonchev–Trinajstić information content (AvgIpc) is 2.89. The van der Waals surface area contributed by atoms with Gasteiger partial charge in [0.05, 0.1) is 29.7 Å². The molecule has 1 aromatic carbocycles. The fourth-order valence-electron chi connectivity index (χ4n) is 4.18. The highest BCUT2D eigenvalue weighted by atomic mass is 16.5. The van der Waals surface area contributed by atoms with E-state index >= 15 is 0 Å². The molecule has 7 nitrogen and oxygen atoms in total. The molecule has 0 spiro atoms. The second kappa shape index (κ2) is 13.9. The Morgan fingerprint density at radius 1 is 1.19 bits per heavy atom. The van der Waals surface area contributed by atoms with Crippen LogP contribution in [0.4, 0.5) is 0 Å². The van der Waals surface area contributed by atoms with Crippen molar-refractivity contribution in [2.45, 2.75) is 47.0 Å². The van der Waals surface area contributed by atoms with Crippen LogP contribution in [-0.2, 0) is 16.0 Å². The first kappa shape index (κ1) is 27.5. The molecule has 1 atom stereocenters. The fraction of sp³-hybridized carbons (Fsp3) is 0.517. The molecular formula is C29H39N5O2. The normalized spacial score (nSPS) is 16.9. The van der Waals surface area contributed by atoms with Crippen molar-refractivity contribution >= 4 is 16.9 Å². The number of nitrogens with one attached hydrogen (secondary N) is 1. The van der Waals surface area contributed by atoms with E-state index in [2.05, 4.69) is 32.3 Å². The number of nitrogens with zero attached hydrogens (tertiary/aromatic N) is 4. The number of aromatic nitrogens is 2. The Hall–Kier alpha value is -3.08. The Morgan fingerprint density at radius 2 is 1.94 bits per heavy atom. The summed E-state index contributed by atoms with van der Waals surface area (Å²) in [6.45, 7) is 13.6. The van der Waals surface area contributed by atoms with E-state index < -0.39 is 0 Å². The molecule has 0 bridgehead atoms. The largest absolute Gasteiger partial charge is 0.465 e. The van der Waals surface area contributed by atoms with Crippen LogP contribution >= 0.6 is 0 Å². The number of nitriles is 1. The quantitative estimate of drug-likeness (QED) is 0.577. The third kappa shape index (κ3) is 7.97. The molecule has 7 heteroatoms. The van der Waals surface area contributed by atoms with Crippen LogP contribution in [0.1, 0.15) is 45.1 Å². The van der Waals surface area contributed by atoms with Gasteiger partial charge in [-0.15, -0.1) is 0 Å². The summed E-state index contributed by atoms with van der Waals surface area (Å²) < 4.78 is 5.30. The van der Waals surface area contributed by atoms with Gasteiger partial charge in [-0.25, -0.2) is 9.97 Å². The van der Waals surface area contributed by atoms with Gasteiger partial charge < -0.3 is 10.1 Å². The van der Waals surface area contributed by atoms with Gasteiger partial charge in [0.15, 0.2) is 0 Å². The van der Waals surface area contributed by atoms with E-state index in [-0.39, 0.29) is 17.8 Å². The Balaban J connectivity index is 0.000000212. The number of esters is 1. The monoisotopic (exact) mass is 489 g/mol. The molecule has 1 aliphatic carbocycles. The second-order valence-corrected chi connectivity index (χ2v) is 9.79. The average molecular weight is 490 g/mol. The predicted molar refractivity (Wildman–Crippen MR) is 143 cm³/mol. The number of carbonyl (C=O) groups is 1. The SMILES string of the molecule is Cc1nc(CCOC(=O)C(C)C(C)C)nc2ccccc12.N#CC1=C(CN2CCNCC2)CCC=C1. The number of aryl methyl sites for hydroxylation is 1. The van der Waals surface area contributed by atoms with Crippen LogP contribution < -0.4 is 5.32 Å². The second-order valence-electron chi connectivity index (χ2n) is 9.79. The van der Waals surface area contributed by atoms with Crippen LogP contribution in [0.25, 0.3) is 10.9 Å². The number of para-hydroxylation sites is 1. The smallest absolute Gasteiger partial charge is 0.308 e. The van der Waals surface area contributed by atoms with Crippen LogP contribution in [0.15, 0.2) is 47.6 Å². The number of rotatable bonds is 7. The maximum absolute atomic E-state index is 11.8. The van der Waals surface area contributed by atoms with Crippen molar-refractivity contribution in [3.63, 3.8) is 0 Å². The van der Waals surface area contributed by atoms with Crippen molar-refractivity contribution in [1.82, 2.24) is 20.2 Å². The summed E-state index contributed by atoms with van der Waals surface area (Å²) in [7, 11) is 0. The minimum Gasteiger partial charge on any atom is -0.465 e. The van der Waals surface area contributed by atoms with Gasteiger partial charge in [-0.2, -0.15) is 5.26 Å². The minimum absolute atomic E-state index is 0.0794. The summed E-state index contributed by atoms with van der Waals surface area (Å²) in [5.41, 5.74) is 4.10. The lowest BCUT2D eigenvalue weighted by atomic mass is 9.98. The molecule has 1 aromatic heterocycles. The number of hydrogen-bond donors (Lipinski definition) is 1. The minimum atomic E-state index is -0.150. The third-order valence-electron chi connectivity index (χ3n) is 6.80. The molecule has 1 unspecified atom stereocenters. The first-order valence-corrected chi connectivity index (χ1v) is 13.0. The number of fused-ring (bicyclic) bond motifs is 1. The summed E-state index contributed by atoms with van der Waals surface area (Å²) in [6.07, 6.45) is 6.76. The molecular weight excluding hydrogens is 450 g/mol. The number of hydrogen-bond acceptors (Lipinski definition) is 7. The predicted octanol–water partition coefficient (Wildman–Crippen LogP) is 4.38. The molecule has 0 saturated carbocycles. The first-order chi connectivity index (χ1) is 17.4. The van der Waals surface area contributed by atoms with Crippen LogP contribution in [0.3, 0.4) is 0 Å². The van der Waals surface area contributed by atoms with Gasteiger partial charge in [0.25, 0.3) is 0 Å². The zero-order valence-corrected chi connectivity index (χ0v) is 22.1. The summed E-state index contributed by atoms with van der Waals surface area (Å²) in [5.74, 6) is 0.777. The van der Waals surface area contributed by atoms with Crippen LogP contribution in [-0.4, -0.2) is 60.2 Å². The number of ether oxygens (including phenoxy) is 1. The van der Waals surface area contributed by atoms with Crippen molar-refractivity contribution in [1.29, 1.82) is 5.26 Å². The lowest BCUT2D eigenvalue weighted by molar-refractivity contribution is -0.149. The van der Waals surface area contributed by atoms with E-state index in [9.17, 15) is 4.79 Å². The van der Waals surface area contributed by atoms with Gasteiger partial charge in [0, 0.05) is 50.2 Å². The van der Waals surface area contributed by atoms with Gasteiger partial charge >= 0.3 is 5.97 Å².